The number of H-pyrrole nitrogens is 1. The van der Waals surface area contributed by atoms with Crippen molar-refractivity contribution in [3.05, 3.63) is 53.8 Å². The van der Waals surface area contributed by atoms with Crippen LogP contribution in [0.3, 0.4) is 0 Å². The lowest BCUT2D eigenvalue weighted by Gasteiger charge is -2.07. The number of aromatic nitrogens is 3. The second-order valence-electron chi connectivity index (χ2n) is 6.08. The molecule has 2 heterocycles. The second-order valence-corrected chi connectivity index (χ2v) is 6.08. The first-order chi connectivity index (χ1) is 13.6. The number of carbonyl (C=O) groups is 1. The van der Waals surface area contributed by atoms with Crippen LogP contribution in [0, 0.1) is 6.92 Å². The molecule has 0 bridgehead atoms. The molecule has 0 radical (unpaired) electrons. The first kappa shape index (κ1) is 17.6. The van der Waals surface area contributed by atoms with Crippen molar-refractivity contribution in [2.24, 2.45) is 0 Å². The molecule has 4 aromatic rings. The zero-order valence-electron chi connectivity index (χ0n) is 15.6. The Hall–Kier alpha value is -3.81. The molecule has 142 valence electrons. The van der Waals surface area contributed by atoms with Crippen molar-refractivity contribution >= 4 is 22.8 Å². The van der Waals surface area contributed by atoms with Crippen LogP contribution in [0.25, 0.3) is 22.4 Å². The summed E-state index contributed by atoms with van der Waals surface area (Å²) in [6, 6.07) is 12.8. The minimum absolute atomic E-state index is 0.137. The monoisotopic (exact) mass is 378 g/mol. The van der Waals surface area contributed by atoms with E-state index in [0.29, 0.717) is 28.5 Å². The van der Waals surface area contributed by atoms with Gasteiger partial charge < -0.3 is 13.9 Å². The summed E-state index contributed by atoms with van der Waals surface area (Å²) >= 11 is 0. The number of para-hydroxylation sites is 1. The van der Waals surface area contributed by atoms with Gasteiger partial charge in [0.05, 0.1) is 19.8 Å². The molecule has 1 amide bonds. The van der Waals surface area contributed by atoms with E-state index in [9.17, 15) is 4.79 Å². The maximum Gasteiger partial charge on any atom is 0.294 e. The summed E-state index contributed by atoms with van der Waals surface area (Å²) in [5.74, 6) is 1.64. The molecule has 0 aliphatic carbocycles. The molecule has 2 aromatic carbocycles. The number of amides is 1. The molecule has 28 heavy (non-hydrogen) atoms. The van der Waals surface area contributed by atoms with E-state index in [0.717, 1.165) is 10.9 Å². The Labute approximate surface area is 160 Å². The van der Waals surface area contributed by atoms with E-state index in [4.69, 9.17) is 13.9 Å². The minimum Gasteiger partial charge on any atom is -0.497 e. The van der Waals surface area contributed by atoms with Crippen molar-refractivity contribution < 1.29 is 18.7 Å². The molecule has 0 unspecified atom stereocenters. The Morgan fingerprint density at radius 1 is 1.14 bits per heavy atom. The maximum absolute atomic E-state index is 12.6. The van der Waals surface area contributed by atoms with Gasteiger partial charge in [-0.05, 0) is 25.1 Å². The van der Waals surface area contributed by atoms with Crippen LogP contribution in [-0.2, 0) is 0 Å². The van der Waals surface area contributed by atoms with Crippen LogP contribution in [0.15, 0.2) is 46.9 Å². The third-order valence-electron chi connectivity index (χ3n) is 4.42. The van der Waals surface area contributed by atoms with Gasteiger partial charge in [-0.15, -0.1) is 5.10 Å². The number of rotatable bonds is 5. The van der Waals surface area contributed by atoms with Crippen molar-refractivity contribution in [3.63, 3.8) is 0 Å². The van der Waals surface area contributed by atoms with E-state index >= 15 is 0 Å². The summed E-state index contributed by atoms with van der Waals surface area (Å²) in [6.45, 7) is 1.84. The van der Waals surface area contributed by atoms with E-state index in [2.05, 4.69) is 20.5 Å². The van der Waals surface area contributed by atoms with Gasteiger partial charge in [-0.25, -0.2) is 0 Å². The lowest BCUT2D eigenvalue weighted by Crippen LogP contribution is -2.13. The average molecular weight is 378 g/mol. The molecule has 0 aliphatic rings. The van der Waals surface area contributed by atoms with Crippen LogP contribution in [0.5, 0.6) is 11.5 Å². The number of fused-ring (bicyclic) bond motifs is 1. The molecule has 0 atom stereocenters. The van der Waals surface area contributed by atoms with Crippen LogP contribution >= 0.6 is 0 Å². The van der Waals surface area contributed by atoms with Crippen molar-refractivity contribution in [1.29, 1.82) is 0 Å². The van der Waals surface area contributed by atoms with Gasteiger partial charge in [-0.1, -0.05) is 18.2 Å². The van der Waals surface area contributed by atoms with Gasteiger partial charge >= 0.3 is 0 Å². The Morgan fingerprint density at radius 2 is 1.96 bits per heavy atom. The van der Waals surface area contributed by atoms with Crippen molar-refractivity contribution in [1.82, 2.24) is 15.2 Å². The number of anilines is 1. The quantitative estimate of drug-likeness (QED) is 0.548. The number of carbonyl (C=O) groups excluding carboxylic acids is 1. The zero-order chi connectivity index (χ0) is 19.7. The standard InChI is InChI=1S/C20H18N4O4/c1-11-13-6-4-5-7-15(13)28-17(11)19(25)22-20-21-18(23-24-20)14-9-8-12(26-2)10-16(14)27-3/h4-10H,1-3H3,(H2,21,22,23,24,25). The lowest BCUT2D eigenvalue weighted by atomic mass is 10.1. The Bertz CT molecular complexity index is 1160. The number of hydrogen-bond donors (Lipinski definition) is 2. The molecule has 0 aliphatic heterocycles. The van der Waals surface area contributed by atoms with E-state index in [1.54, 1.807) is 32.4 Å². The largest absolute Gasteiger partial charge is 0.497 e. The third kappa shape index (κ3) is 3.05. The minimum atomic E-state index is -0.416. The van der Waals surface area contributed by atoms with Gasteiger partial charge in [-0.2, -0.15) is 4.98 Å². The van der Waals surface area contributed by atoms with Crippen molar-refractivity contribution in [2.45, 2.75) is 6.92 Å². The number of nitrogens with one attached hydrogen (secondary N) is 2. The average Bonchev–Trinajstić information content (AvgIpc) is 3.32. The maximum atomic E-state index is 12.6. The zero-order valence-corrected chi connectivity index (χ0v) is 15.6. The summed E-state index contributed by atoms with van der Waals surface area (Å²) in [5, 5.41) is 10.4. The number of benzene rings is 2. The molecule has 2 N–H and O–H groups in total. The Balaban J connectivity index is 1.60. The fourth-order valence-corrected chi connectivity index (χ4v) is 2.98. The number of hydrogen-bond acceptors (Lipinski definition) is 6. The molecule has 0 spiro atoms. The van der Waals surface area contributed by atoms with Gasteiger partial charge in [0.25, 0.3) is 5.91 Å². The predicted octanol–water partition coefficient (Wildman–Crippen LogP) is 3.80. The van der Waals surface area contributed by atoms with Crippen LogP contribution in [0.4, 0.5) is 5.95 Å². The molecule has 0 fully saturated rings. The van der Waals surface area contributed by atoms with Crippen LogP contribution < -0.4 is 14.8 Å². The van der Waals surface area contributed by atoms with Gasteiger partial charge in [0, 0.05) is 17.0 Å². The number of nitrogens with zero attached hydrogens (tertiary/aromatic N) is 2. The molecular weight excluding hydrogens is 360 g/mol. The second kappa shape index (κ2) is 7.07. The van der Waals surface area contributed by atoms with Gasteiger partial charge in [0.15, 0.2) is 11.6 Å². The van der Waals surface area contributed by atoms with E-state index in [1.807, 2.05) is 31.2 Å². The fourth-order valence-electron chi connectivity index (χ4n) is 2.98. The number of ether oxygens (including phenoxy) is 2. The van der Waals surface area contributed by atoms with Gasteiger partial charge in [0.1, 0.15) is 17.1 Å². The number of aryl methyl sites for hydroxylation is 1. The van der Waals surface area contributed by atoms with E-state index < -0.39 is 5.91 Å². The highest BCUT2D eigenvalue weighted by Crippen LogP contribution is 2.31. The summed E-state index contributed by atoms with van der Waals surface area (Å²) < 4.78 is 16.3. The van der Waals surface area contributed by atoms with Gasteiger partial charge in [-0.3, -0.25) is 15.2 Å². The molecular formula is C20H18N4O4. The third-order valence-corrected chi connectivity index (χ3v) is 4.42. The van der Waals surface area contributed by atoms with Crippen LogP contribution in [0.2, 0.25) is 0 Å². The summed E-state index contributed by atoms with van der Waals surface area (Å²) in [5.41, 5.74) is 2.11. The molecule has 0 saturated carbocycles. The first-order valence-corrected chi connectivity index (χ1v) is 8.55. The predicted molar refractivity (Wildman–Crippen MR) is 104 cm³/mol. The highest BCUT2D eigenvalue weighted by Gasteiger charge is 2.20. The first-order valence-electron chi connectivity index (χ1n) is 8.55. The number of furan rings is 1. The van der Waals surface area contributed by atoms with Crippen LogP contribution in [-0.4, -0.2) is 35.3 Å². The molecule has 8 nitrogen and oxygen atoms in total. The lowest BCUT2D eigenvalue weighted by molar-refractivity contribution is 0.0997. The SMILES string of the molecule is COc1ccc(-c2nc(NC(=O)c3oc4ccccc4c3C)n[nH]2)c(OC)c1. The normalized spacial score (nSPS) is 10.8. The highest BCUT2D eigenvalue weighted by atomic mass is 16.5. The molecule has 0 saturated heterocycles. The number of aromatic amines is 1. The number of methoxy groups -OCH3 is 2. The fraction of sp³-hybridized carbons (Fsp3) is 0.150. The summed E-state index contributed by atoms with van der Waals surface area (Å²) in [7, 11) is 3.14. The van der Waals surface area contributed by atoms with Crippen molar-refractivity contribution in [2.75, 3.05) is 19.5 Å². The summed E-state index contributed by atoms with van der Waals surface area (Å²) in [4.78, 5) is 16.9. The Morgan fingerprint density at radius 3 is 2.71 bits per heavy atom. The highest BCUT2D eigenvalue weighted by molar-refractivity contribution is 6.05. The van der Waals surface area contributed by atoms with E-state index in [-0.39, 0.29) is 11.7 Å². The molecule has 8 heteroatoms. The van der Waals surface area contributed by atoms with Crippen molar-refractivity contribution in [3.8, 4) is 22.9 Å². The van der Waals surface area contributed by atoms with E-state index in [1.165, 1.54) is 0 Å². The Kier molecular flexibility index (Phi) is 4.44. The van der Waals surface area contributed by atoms with Crippen LogP contribution in [0.1, 0.15) is 16.1 Å². The smallest absolute Gasteiger partial charge is 0.294 e. The molecule has 2 aromatic heterocycles. The van der Waals surface area contributed by atoms with Gasteiger partial charge in [0.2, 0.25) is 5.95 Å². The topological polar surface area (TPSA) is 102 Å². The molecule has 4 rings (SSSR count). The summed E-state index contributed by atoms with van der Waals surface area (Å²) in [6.07, 6.45) is 0.